The summed E-state index contributed by atoms with van der Waals surface area (Å²) in [7, 11) is 1.87. The van der Waals surface area contributed by atoms with Crippen molar-refractivity contribution in [3.63, 3.8) is 0 Å². The molecule has 0 aliphatic carbocycles. The van der Waals surface area contributed by atoms with Crippen LogP contribution in [0.15, 0.2) is 24.3 Å². The SMILES string of the molecule is CN(CCO)CCC(=O)Nc1ccc(N)cc1. The average Bonchev–Trinajstić information content (AvgIpc) is 2.30. The van der Waals surface area contributed by atoms with Gasteiger partial charge in [0.05, 0.1) is 6.61 Å². The molecule has 5 heteroatoms. The van der Waals surface area contributed by atoms with E-state index in [1.54, 1.807) is 24.3 Å². The fourth-order valence-electron chi connectivity index (χ4n) is 1.36. The molecule has 4 N–H and O–H groups in total. The van der Waals surface area contributed by atoms with Gasteiger partial charge in [0, 0.05) is 30.9 Å². The number of anilines is 2. The van der Waals surface area contributed by atoms with Gasteiger partial charge in [-0.25, -0.2) is 0 Å². The van der Waals surface area contributed by atoms with Crippen LogP contribution in [0.2, 0.25) is 0 Å². The predicted octanol–water partition coefficient (Wildman–Crippen LogP) is 0.521. The van der Waals surface area contributed by atoms with E-state index in [0.717, 1.165) is 5.69 Å². The van der Waals surface area contributed by atoms with Gasteiger partial charge < -0.3 is 21.1 Å². The highest BCUT2D eigenvalue weighted by Crippen LogP contribution is 2.10. The number of amides is 1. The summed E-state index contributed by atoms with van der Waals surface area (Å²) >= 11 is 0. The lowest BCUT2D eigenvalue weighted by atomic mass is 10.2. The van der Waals surface area contributed by atoms with Crippen molar-refractivity contribution >= 4 is 17.3 Å². The van der Waals surface area contributed by atoms with Gasteiger partial charge >= 0.3 is 0 Å². The Morgan fingerprint density at radius 1 is 1.35 bits per heavy atom. The molecule has 0 radical (unpaired) electrons. The Labute approximate surface area is 101 Å². The number of aliphatic hydroxyl groups excluding tert-OH is 1. The Balaban J connectivity index is 2.32. The third-order valence-electron chi connectivity index (χ3n) is 2.40. The van der Waals surface area contributed by atoms with Crippen LogP contribution in [0.4, 0.5) is 11.4 Å². The first-order valence-corrected chi connectivity index (χ1v) is 5.56. The molecular formula is C12H19N3O2. The van der Waals surface area contributed by atoms with Gasteiger partial charge in [0.2, 0.25) is 5.91 Å². The first-order chi connectivity index (χ1) is 8.11. The summed E-state index contributed by atoms with van der Waals surface area (Å²) in [5.74, 6) is -0.0421. The van der Waals surface area contributed by atoms with Crippen molar-refractivity contribution in [2.24, 2.45) is 0 Å². The molecule has 1 amide bonds. The average molecular weight is 237 g/mol. The number of hydrogen-bond donors (Lipinski definition) is 3. The van der Waals surface area contributed by atoms with E-state index in [9.17, 15) is 4.79 Å². The van der Waals surface area contributed by atoms with Crippen molar-refractivity contribution in [2.75, 3.05) is 37.8 Å². The van der Waals surface area contributed by atoms with E-state index in [4.69, 9.17) is 10.8 Å². The molecule has 0 aromatic heterocycles. The molecule has 0 bridgehead atoms. The van der Waals surface area contributed by atoms with Crippen molar-refractivity contribution in [1.29, 1.82) is 0 Å². The lowest BCUT2D eigenvalue weighted by Crippen LogP contribution is -2.26. The summed E-state index contributed by atoms with van der Waals surface area (Å²) in [6.45, 7) is 1.31. The smallest absolute Gasteiger partial charge is 0.225 e. The van der Waals surface area contributed by atoms with Gasteiger partial charge in [-0.3, -0.25) is 4.79 Å². The van der Waals surface area contributed by atoms with Crippen molar-refractivity contribution < 1.29 is 9.90 Å². The molecule has 1 rings (SSSR count). The predicted molar refractivity (Wildman–Crippen MR) is 68.7 cm³/mol. The first-order valence-electron chi connectivity index (χ1n) is 5.56. The van der Waals surface area contributed by atoms with Crippen LogP contribution in [-0.4, -0.2) is 42.7 Å². The Kier molecular flexibility index (Phi) is 5.45. The van der Waals surface area contributed by atoms with Gasteiger partial charge in [-0.1, -0.05) is 0 Å². The van der Waals surface area contributed by atoms with Crippen LogP contribution in [0.5, 0.6) is 0 Å². The maximum Gasteiger partial charge on any atom is 0.225 e. The molecule has 0 saturated carbocycles. The summed E-state index contributed by atoms with van der Waals surface area (Å²) in [4.78, 5) is 13.5. The standard InChI is InChI=1S/C12H19N3O2/c1-15(8-9-16)7-6-12(17)14-11-4-2-10(13)3-5-11/h2-5,16H,6-9,13H2,1H3,(H,14,17). The first kappa shape index (κ1) is 13.5. The second-order valence-electron chi connectivity index (χ2n) is 3.95. The number of aliphatic hydroxyl groups is 1. The molecule has 0 spiro atoms. The van der Waals surface area contributed by atoms with Gasteiger partial charge in [-0.15, -0.1) is 0 Å². The van der Waals surface area contributed by atoms with Crippen LogP contribution >= 0.6 is 0 Å². The van der Waals surface area contributed by atoms with Crippen molar-refractivity contribution in [2.45, 2.75) is 6.42 Å². The van der Waals surface area contributed by atoms with Crippen LogP contribution in [0.3, 0.4) is 0 Å². The number of likely N-dealkylation sites (N-methyl/N-ethyl adjacent to an activating group) is 1. The van der Waals surface area contributed by atoms with Gasteiger partial charge in [-0.2, -0.15) is 0 Å². The molecule has 0 atom stereocenters. The van der Waals surface area contributed by atoms with Crippen LogP contribution < -0.4 is 11.1 Å². The third-order valence-corrected chi connectivity index (χ3v) is 2.40. The van der Waals surface area contributed by atoms with E-state index >= 15 is 0 Å². The number of hydrogen-bond acceptors (Lipinski definition) is 4. The maximum atomic E-state index is 11.6. The van der Waals surface area contributed by atoms with Crippen LogP contribution in [-0.2, 0) is 4.79 Å². The summed E-state index contributed by atoms with van der Waals surface area (Å²) in [6.07, 6.45) is 0.404. The highest BCUT2D eigenvalue weighted by Gasteiger charge is 2.04. The molecule has 0 aliphatic rings. The Morgan fingerprint density at radius 2 is 2.00 bits per heavy atom. The molecule has 1 aromatic carbocycles. The Hall–Kier alpha value is -1.59. The van der Waals surface area contributed by atoms with E-state index in [1.165, 1.54) is 0 Å². The van der Waals surface area contributed by atoms with Crippen LogP contribution in [0.1, 0.15) is 6.42 Å². The van der Waals surface area contributed by atoms with E-state index < -0.39 is 0 Å². The van der Waals surface area contributed by atoms with E-state index in [0.29, 0.717) is 25.2 Å². The minimum Gasteiger partial charge on any atom is -0.399 e. The van der Waals surface area contributed by atoms with Gasteiger partial charge in [-0.05, 0) is 31.3 Å². The fraction of sp³-hybridized carbons (Fsp3) is 0.417. The highest BCUT2D eigenvalue weighted by molar-refractivity contribution is 5.90. The molecule has 0 fully saturated rings. The second kappa shape index (κ2) is 6.88. The van der Waals surface area contributed by atoms with E-state index in [1.807, 2.05) is 11.9 Å². The molecule has 0 aliphatic heterocycles. The number of benzene rings is 1. The Morgan fingerprint density at radius 3 is 2.59 bits per heavy atom. The van der Waals surface area contributed by atoms with Crippen molar-refractivity contribution in [3.05, 3.63) is 24.3 Å². The van der Waals surface area contributed by atoms with Gasteiger partial charge in [0.15, 0.2) is 0 Å². The molecule has 5 nitrogen and oxygen atoms in total. The zero-order chi connectivity index (χ0) is 12.7. The lowest BCUT2D eigenvalue weighted by Gasteiger charge is -2.14. The van der Waals surface area contributed by atoms with Crippen molar-refractivity contribution in [1.82, 2.24) is 4.90 Å². The zero-order valence-electron chi connectivity index (χ0n) is 10.0. The summed E-state index contributed by atoms with van der Waals surface area (Å²) in [6, 6.07) is 7.02. The van der Waals surface area contributed by atoms with E-state index in [2.05, 4.69) is 5.32 Å². The van der Waals surface area contributed by atoms with Crippen molar-refractivity contribution in [3.8, 4) is 0 Å². The number of carbonyl (C=O) groups excluding carboxylic acids is 1. The maximum absolute atomic E-state index is 11.6. The van der Waals surface area contributed by atoms with Gasteiger partial charge in [0.25, 0.3) is 0 Å². The van der Waals surface area contributed by atoms with Crippen LogP contribution in [0.25, 0.3) is 0 Å². The molecule has 0 unspecified atom stereocenters. The Bertz CT molecular complexity index is 351. The minimum absolute atomic E-state index is 0.0421. The third kappa shape index (κ3) is 5.33. The monoisotopic (exact) mass is 237 g/mol. The zero-order valence-corrected chi connectivity index (χ0v) is 10.0. The quantitative estimate of drug-likeness (QED) is 0.630. The molecule has 0 saturated heterocycles. The number of nitrogens with zero attached hydrogens (tertiary/aromatic N) is 1. The molecule has 1 aromatic rings. The molecule has 94 valence electrons. The molecule has 0 heterocycles. The number of nitrogen functional groups attached to an aromatic ring is 1. The fourth-order valence-corrected chi connectivity index (χ4v) is 1.36. The summed E-state index contributed by atoms with van der Waals surface area (Å²) in [5, 5.41) is 11.5. The van der Waals surface area contributed by atoms with Gasteiger partial charge in [0.1, 0.15) is 0 Å². The normalized spacial score (nSPS) is 10.5. The highest BCUT2D eigenvalue weighted by atomic mass is 16.3. The topological polar surface area (TPSA) is 78.6 Å². The van der Waals surface area contributed by atoms with E-state index in [-0.39, 0.29) is 12.5 Å². The number of rotatable bonds is 6. The second-order valence-corrected chi connectivity index (χ2v) is 3.95. The lowest BCUT2D eigenvalue weighted by molar-refractivity contribution is -0.116. The number of nitrogens with two attached hydrogens (primary N) is 1. The summed E-state index contributed by atoms with van der Waals surface area (Å²) in [5.41, 5.74) is 6.96. The molecular weight excluding hydrogens is 218 g/mol. The number of nitrogens with one attached hydrogen (secondary N) is 1. The minimum atomic E-state index is -0.0421. The summed E-state index contributed by atoms with van der Waals surface area (Å²) < 4.78 is 0. The largest absolute Gasteiger partial charge is 0.399 e. The molecule has 17 heavy (non-hydrogen) atoms. The van der Waals surface area contributed by atoms with Crippen LogP contribution in [0, 0.1) is 0 Å². The number of carbonyl (C=O) groups is 1.